The number of anilines is 1. The molecule has 0 radical (unpaired) electrons. The molecule has 33 heavy (non-hydrogen) atoms. The lowest BCUT2D eigenvalue weighted by Gasteiger charge is -2.38. The number of carbonyl (C=O) groups excluding carboxylic acids is 2. The number of methoxy groups -OCH3 is 1. The van der Waals surface area contributed by atoms with Crippen molar-refractivity contribution in [2.45, 2.75) is 65.3 Å². The maximum atomic E-state index is 13.1. The van der Waals surface area contributed by atoms with Gasteiger partial charge in [-0.2, -0.15) is 0 Å². The summed E-state index contributed by atoms with van der Waals surface area (Å²) in [6, 6.07) is 1.55. The second kappa shape index (κ2) is 11.9. The molecule has 1 saturated carbocycles. The minimum absolute atomic E-state index is 0.0631. The highest BCUT2D eigenvalue weighted by Gasteiger charge is 2.35. The number of thiophene rings is 1. The van der Waals surface area contributed by atoms with Crippen LogP contribution in [0.2, 0.25) is 0 Å². The van der Waals surface area contributed by atoms with E-state index < -0.39 is 5.97 Å². The second-order valence-electron chi connectivity index (χ2n) is 9.75. The topological polar surface area (TPSA) is 59.1 Å². The van der Waals surface area contributed by atoms with Crippen molar-refractivity contribution in [3.63, 3.8) is 0 Å². The fraction of sp³-hybridized carbons (Fsp3) is 0.692. The molecule has 2 aliphatic rings. The molecule has 182 valence electrons. The van der Waals surface area contributed by atoms with Crippen LogP contribution in [-0.4, -0.2) is 56.9 Å². The van der Waals surface area contributed by atoms with Gasteiger partial charge in [0.15, 0.2) is 0 Å². The summed E-state index contributed by atoms with van der Waals surface area (Å²) >= 11 is 1.32. The van der Waals surface area contributed by atoms with Crippen molar-refractivity contribution in [1.82, 2.24) is 4.90 Å². The van der Waals surface area contributed by atoms with Gasteiger partial charge >= 0.3 is 5.97 Å². The first kappa shape index (κ1) is 25.6. The molecule has 1 aliphatic carbocycles. The molecule has 1 saturated heterocycles. The summed E-state index contributed by atoms with van der Waals surface area (Å²) in [5.74, 6) is 7.58. The number of piperidine rings is 1. The van der Waals surface area contributed by atoms with E-state index in [9.17, 15) is 9.59 Å². The molecule has 0 N–H and O–H groups in total. The van der Waals surface area contributed by atoms with E-state index in [4.69, 9.17) is 9.47 Å². The molecule has 0 aromatic carbocycles. The number of carbonyl (C=O) groups is 2. The van der Waals surface area contributed by atoms with E-state index in [-0.39, 0.29) is 24.6 Å². The van der Waals surface area contributed by atoms with Crippen LogP contribution >= 0.6 is 11.3 Å². The molecule has 0 spiro atoms. The summed E-state index contributed by atoms with van der Waals surface area (Å²) in [5, 5.41) is 0. The largest absolute Gasteiger partial charge is 0.465 e. The van der Waals surface area contributed by atoms with E-state index in [0.29, 0.717) is 23.1 Å². The van der Waals surface area contributed by atoms with Crippen molar-refractivity contribution in [2.75, 3.05) is 38.9 Å². The van der Waals surface area contributed by atoms with E-state index >= 15 is 0 Å². The van der Waals surface area contributed by atoms with Gasteiger partial charge in [0.05, 0.1) is 24.3 Å². The highest BCUT2D eigenvalue weighted by molar-refractivity contribution is 7.15. The zero-order chi connectivity index (χ0) is 24.0. The number of hydrogen-bond donors (Lipinski definition) is 0. The first-order valence-electron chi connectivity index (χ1n) is 12.1. The zero-order valence-corrected chi connectivity index (χ0v) is 21.5. The Hall–Kier alpha value is -2.04. The average Bonchev–Trinajstić information content (AvgIpc) is 3.22. The van der Waals surface area contributed by atoms with Crippen molar-refractivity contribution in [1.29, 1.82) is 0 Å². The Morgan fingerprint density at radius 3 is 2.67 bits per heavy atom. The van der Waals surface area contributed by atoms with Gasteiger partial charge in [0.1, 0.15) is 17.6 Å². The van der Waals surface area contributed by atoms with Crippen LogP contribution < -0.4 is 4.90 Å². The van der Waals surface area contributed by atoms with Crippen LogP contribution in [0.5, 0.6) is 0 Å². The fourth-order valence-corrected chi connectivity index (χ4v) is 5.50. The molecule has 1 amide bonds. The van der Waals surface area contributed by atoms with E-state index in [1.165, 1.54) is 44.1 Å². The third-order valence-electron chi connectivity index (χ3n) is 6.60. The van der Waals surface area contributed by atoms with Crippen LogP contribution in [-0.2, 0) is 14.3 Å². The van der Waals surface area contributed by atoms with Gasteiger partial charge in [-0.1, -0.05) is 45.5 Å². The standard InChI is InChI=1S/C26H38N2O4S/c1-18(2)8-13-21-15-23(24(33-21)26(30)31-5)28(22-7-6-14-27(4)25(22)29)17-32-16-20-11-9-19(3)10-12-20/h15,18-20,22H,6-7,9-12,14,16-17H2,1-5H3/t19?,20?,22-/m0/s1. The van der Waals surface area contributed by atoms with E-state index in [1.807, 2.05) is 31.9 Å². The minimum atomic E-state index is -0.407. The van der Waals surface area contributed by atoms with Crippen LogP contribution in [0, 0.1) is 29.6 Å². The van der Waals surface area contributed by atoms with E-state index in [2.05, 4.69) is 18.8 Å². The van der Waals surface area contributed by atoms with Gasteiger partial charge in [-0.05, 0) is 43.6 Å². The number of likely N-dealkylation sites (N-methyl/N-ethyl adjacent to an activating group) is 1. The number of rotatable bonds is 7. The Bertz CT molecular complexity index is 877. The lowest BCUT2D eigenvalue weighted by Crippen LogP contribution is -2.52. The predicted octanol–water partition coefficient (Wildman–Crippen LogP) is 4.77. The fourth-order valence-electron chi connectivity index (χ4n) is 4.55. The van der Waals surface area contributed by atoms with Crippen molar-refractivity contribution in [3.8, 4) is 11.8 Å². The van der Waals surface area contributed by atoms with Crippen molar-refractivity contribution < 1.29 is 19.1 Å². The Morgan fingerprint density at radius 1 is 1.27 bits per heavy atom. The minimum Gasteiger partial charge on any atom is -0.465 e. The molecule has 2 heterocycles. The van der Waals surface area contributed by atoms with Gasteiger partial charge in [0.25, 0.3) is 0 Å². The number of ether oxygens (including phenoxy) is 2. The molecule has 6 nitrogen and oxygen atoms in total. The summed E-state index contributed by atoms with van der Waals surface area (Å²) in [4.78, 5) is 30.8. The van der Waals surface area contributed by atoms with Gasteiger partial charge in [0, 0.05) is 19.5 Å². The van der Waals surface area contributed by atoms with Crippen molar-refractivity contribution in [3.05, 3.63) is 15.8 Å². The highest BCUT2D eigenvalue weighted by Crippen LogP contribution is 2.35. The first-order valence-corrected chi connectivity index (χ1v) is 12.9. The molecule has 0 unspecified atom stereocenters. The van der Waals surface area contributed by atoms with Crippen LogP contribution in [0.25, 0.3) is 0 Å². The molecule has 1 aliphatic heterocycles. The molecule has 3 rings (SSSR count). The predicted molar refractivity (Wildman–Crippen MR) is 132 cm³/mol. The van der Waals surface area contributed by atoms with Gasteiger partial charge in [-0.25, -0.2) is 4.79 Å². The third kappa shape index (κ3) is 6.74. The Kier molecular flexibility index (Phi) is 9.22. The number of nitrogens with zero attached hydrogens (tertiary/aromatic N) is 2. The van der Waals surface area contributed by atoms with Crippen molar-refractivity contribution >= 4 is 28.9 Å². The SMILES string of the molecule is COC(=O)c1sc(C#CC(C)C)cc1N(COCC1CCC(C)CC1)[C@H]1CCCN(C)C1=O. The monoisotopic (exact) mass is 474 g/mol. The van der Waals surface area contributed by atoms with Crippen LogP contribution in [0.15, 0.2) is 6.07 Å². The summed E-state index contributed by atoms with van der Waals surface area (Å²) in [6.07, 6.45) is 6.52. The first-order chi connectivity index (χ1) is 15.8. The number of hydrogen-bond acceptors (Lipinski definition) is 6. The van der Waals surface area contributed by atoms with Gasteiger partial charge in [0.2, 0.25) is 5.91 Å². The Labute approximate surface area is 202 Å². The lowest BCUT2D eigenvalue weighted by atomic mass is 9.83. The second-order valence-corrected chi connectivity index (χ2v) is 10.8. The Balaban J connectivity index is 1.87. The average molecular weight is 475 g/mol. The summed E-state index contributed by atoms with van der Waals surface area (Å²) in [6.45, 7) is 8.08. The zero-order valence-electron chi connectivity index (χ0n) is 20.7. The molecular formula is C26H38N2O4S. The maximum absolute atomic E-state index is 13.1. The molecule has 2 fully saturated rings. The smallest absolute Gasteiger partial charge is 0.350 e. The molecule has 0 bridgehead atoms. The molecule has 1 atom stereocenters. The maximum Gasteiger partial charge on any atom is 0.350 e. The molecule has 1 aromatic heterocycles. The molecule has 1 aromatic rings. The normalized spacial score (nSPS) is 23.3. The quantitative estimate of drug-likeness (QED) is 0.324. The number of likely N-dealkylation sites (tertiary alicyclic amines) is 1. The van der Waals surface area contributed by atoms with Crippen LogP contribution in [0.3, 0.4) is 0 Å². The lowest BCUT2D eigenvalue weighted by molar-refractivity contribution is -0.134. The summed E-state index contributed by atoms with van der Waals surface area (Å²) in [7, 11) is 3.22. The Morgan fingerprint density at radius 2 is 2.00 bits per heavy atom. The van der Waals surface area contributed by atoms with Crippen LogP contribution in [0.4, 0.5) is 5.69 Å². The summed E-state index contributed by atoms with van der Waals surface area (Å²) in [5.41, 5.74) is 0.686. The van der Waals surface area contributed by atoms with Gasteiger partial charge in [-0.3, -0.25) is 4.79 Å². The van der Waals surface area contributed by atoms with Gasteiger partial charge < -0.3 is 19.3 Å². The van der Waals surface area contributed by atoms with Crippen molar-refractivity contribution in [2.24, 2.45) is 17.8 Å². The number of amides is 1. The van der Waals surface area contributed by atoms with E-state index in [1.54, 1.807) is 4.90 Å². The van der Waals surface area contributed by atoms with Gasteiger partial charge in [-0.15, -0.1) is 11.3 Å². The number of esters is 1. The highest BCUT2D eigenvalue weighted by atomic mass is 32.1. The molecule has 7 heteroatoms. The van der Waals surface area contributed by atoms with Crippen LogP contribution in [0.1, 0.15) is 73.8 Å². The summed E-state index contributed by atoms with van der Waals surface area (Å²) < 4.78 is 11.3. The third-order valence-corrected chi connectivity index (χ3v) is 7.62. The van der Waals surface area contributed by atoms with E-state index in [0.717, 1.165) is 30.2 Å². The molecular weight excluding hydrogens is 436 g/mol.